The number of hydrogen-bond acceptors (Lipinski definition) is 4. The van der Waals surface area contributed by atoms with Gasteiger partial charge >= 0.3 is 0 Å². The van der Waals surface area contributed by atoms with E-state index in [4.69, 9.17) is 11.6 Å². The van der Waals surface area contributed by atoms with Gasteiger partial charge in [0.2, 0.25) is 5.91 Å². The number of anilines is 1. The van der Waals surface area contributed by atoms with E-state index < -0.39 is 5.97 Å². The molecule has 0 spiro atoms. The van der Waals surface area contributed by atoms with Gasteiger partial charge in [-0.05, 0) is 23.8 Å². The average molecular weight is 335 g/mol. The first-order valence-electron chi connectivity index (χ1n) is 6.48. The van der Waals surface area contributed by atoms with Crippen LogP contribution in [0, 0.1) is 0 Å². The largest absolute Gasteiger partial charge is 0.545 e. The van der Waals surface area contributed by atoms with Gasteiger partial charge in [0, 0.05) is 16.3 Å². The second kappa shape index (κ2) is 7.87. The highest BCUT2D eigenvalue weighted by Gasteiger charge is 2.09. The lowest BCUT2D eigenvalue weighted by Crippen LogP contribution is -2.25. The Morgan fingerprint density at radius 2 is 1.86 bits per heavy atom. The summed E-state index contributed by atoms with van der Waals surface area (Å²) in [5, 5.41) is 13.9. The Balaban J connectivity index is 1.92. The van der Waals surface area contributed by atoms with Gasteiger partial charge < -0.3 is 15.2 Å². The first-order valence-corrected chi connectivity index (χ1v) is 8.02. The molecule has 1 amide bonds. The average Bonchev–Trinajstić information content (AvgIpc) is 2.48. The summed E-state index contributed by atoms with van der Waals surface area (Å²) in [5.74, 6) is -0.722. The molecular formula is C16H13ClNO3S-. The van der Waals surface area contributed by atoms with Crippen LogP contribution in [0.5, 0.6) is 0 Å². The van der Waals surface area contributed by atoms with Gasteiger partial charge in [-0.25, -0.2) is 0 Å². The van der Waals surface area contributed by atoms with Gasteiger partial charge in [-0.3, -0.25) is 4.79 Å². The van der Waals surface area contributed by atoms with Crippen molar-refractivity contribution < 1.29 is 14.7 Å². The van der Waals surface area contributed by atoms with Crippen molar-refractivity contribution in [2.45, 2.75) is 5.75 Å². The van der Waals surface area contributed by atoms with Crippen LogP contribution in [-0.2, 0) is 10.5 Å². The van der Waals surface area contributed by atoms with E-state index in [1.54, 1.807) is 0 Å². The minimum absolute atomic E-state index is 0.0918. The fourth-order valence-electron chi connectivity index (χ4n) is 1.82. The van der Waals surface area contributed by atoms with E-state index in [0.717, 1.165) is 5.56 Å². The molecule has 0 aliphatic heterocycles. The molecule has 2 aromatic carbocycles. The lowest BCUT2D eigenvalue weighted by atomic mass is 10.2. The first-order chi connectivity index (χ1) is 10.6. The fourth-order valence-corrected chi connectivity index (χ4v) is 2.78. The van der Waals surface area contributed by atoms with Crippen molar-refractivity contribution >= 4 is 40.9 Å². The van der Waals surface area contributed by atoms with Crippen molar-refractivity contribution in [3.8, 4) is 0 Å². The molecule has 2 aromatic rings. The van der Waals surface area contributed by atoms with E-state index in [2.05, 4.69) is 5.32 Å². The number of nitrogens with one attached hydrogen (secondary N) is 1. The van der Waals surface area contributed by atoms with Gasteiger partial charge in [-0.2, -0.15) is 0 Å². The van der Waals surface area contributed by atoms with E-state index in [0.29, 0.717) is 10.8 Å². The number of benzene rings is 2. The summed E-state index contributed by atoms with van der Waals surface area (Å²) in [4.78, 5) is 22.9. The molecule has 0 bridgehead atoms. The van der Waals surface area contributed by atoms with Gasteiger partial charge in [0.05, 0.1) is 17.4 Å². The Kier molecular flexibility index (Phi) is 5.86. The SMILES string of the molecule is O=C(CSCc1ccccc1)Nc1cc(Cl)ccc1C(=O)[O-]. The van der Waals surface area contributed by atoms with Crippen LogP contribution in [0.3, 0.4) is 0 Å². The molecule has 0 aliphatic rings. The fraction of sp³-hybridized carbons (Fsp3) is 0.125. The van der Waals surface area contributed by atoms with Gasteiger partial charge in [0.15, 0.2) is 0 Å². The maximum absolute atomic E-state index is 11.9. The van der Waals surface area contributed by atoms with E-state index in [1.165, 1.54) is 30.0 Å². The van der Waals surface area contributed by atoms with Crippen molar-refractivity contribution in [3.63, 3.8) is 0 Å². The molecule has 4 nitrogen and oxygen atoms in total. The molecule has 0 atom stereocenters. The smallest absolute Gasteiger partial charge is 0.234 e. The monoisotopic (exact) mass is 334 g/mol. The molecule has 22 heavy (non-hydrogen) atoms. The van der Waals surface area contributed by atoms with Crippen molar-refractivity contribution in [1.29, 1.82) is 0 Å². The Morgan fingerprint density at radius 1 is 1.14 bits per heavy atom. The zero-order valence-electron chi connectivity index (χ0n) is 11.5. The topological polar surface area (TPSA) is 69.2 Å². The zero-order chi connectivity index (χ0) is 15.9. The van der Waals surface area contributed by atoms with E-state index in [9.17, 15) is 14.7 Å². The highest BCUT2D eigenvalue weighted by atomic mass is 35.5. The highest BCUT2D eigenvalue weighted by Crippen LogP contribution is 2.21. The Hall–Kier alpha value is -1.98. The van der Waals surface area contributed by atoms with Gasteiger partial charge in [0.1, 0.15) is 0 Å². The predicted molar refractivity (Wildman–Crippen MR) is 87.0 cm³/mol. The quantitative estimate of drug-likeness (QED) is 0.881. The molecule has 0 aliphatic carbocycles. The van der Waals surface area contributed by atoms with Gasteiger partial charge in [-0.15, -0.1) is 11.8 Å². The summed E-state index contributed by atoms with van der Waals surface area (Å²) in [7, 11) is 0. The number of amides is 1. The summed E-state index contributed by atoms with van der Waals surface area (Å²) >= 11 is 7.26. The maximum Gasteiger partial charge on any atom is 0.234 e. The molecule has 114 valence electrons. The first kappa shape index (κ1) is 16.4. The number of hydrogen-bond donors (Lipinski definition) is 1. The predicted octanol–water partition coefficient (Wildman–Crippen LogP) is 2.58. The van der Waals surface area contributed by atoms with E-state index in [1.807, 2.05) is 30.3 Å². The highest BCUT2D eigenvalue weighted by molar-refractivity contribution is 7.99. The molecule has 0 radical (unpaired) electrons. The third-order valence-corrected chi connectivity index (χ3v) is 4.06. The normalized spacial score (nSPS) is 10.2. The Bertz CT molecular complexity index is 676. The van der Waals surface area contributed by atoms with Crippen LogP contribution < -0.4 is 10.4 Å². The second-order valence-corrected chi connectivity index (χ2v) is 5.93. The van der Waals surface area contributed by atoms with Crippen LogP contribution in [0.4, 0.5) is 5.69 Å². The zero-order valence-corrected chi connectivity index (χ0v) is 13.1. The maximum atomic E-state index is 11.9. The Morgan fingerprint density at radius 3 is 2.55 bits per heavy atom. The van der Waals surface area contributed by atoms with Crippen LogP contribution >= 0.6 is 23.4 Å². The second-order valence-electron chi connectivity index (χ2n) is 4.50. The number of halogens is 1. The molecule has 6 heteroatoms. The summed E-state index contributed by atoms with van der Waals surface area (Å²) in [6.45, 7) is 0. The number of aromatic carboxylic acids is 1. The number of carboxylic acid groups (broad SMARTS) is 1. The van der Waals surface area contributed by atoms with Crippen LogP contribution in [0.1, 0.15) is 15.9 Å². The standard InChI is InChI=1S/C16H14ClNO3S/c17-12-6-7-13(16(20)21)14(8-12)18-15(19)10-22-9-11-4-2-1-3-5-11/h1-8H,9-10H2,(H,18,19)(H,20,21)/p-1. The number of thioether (sulfide) groups is 1. The number of rotatable bonds is 6. The van der Waals surface area contributed by atoms with Crippen molar-refractivity contribution in [2.75, 3.05) is 11.1 Å². The molecule has 0 unspecified atom stereocenters. The lowest BCUT2D eigenvalue weighted by molar-refractivity contribution is -0.254. The molecule has 0 saturated heterocycles. The van der Waals surface area contributed by atoms with Crippen molar-refractivity contribution in [1.82, 2.24) is 0 Å². The lowest BCUT2D eigenvalue weighted by Gasteiger charge is -2.12. The minimum atomic E-state index is -1.36. The molecule has 0 aromatic heterocycles. The summed E-state index contributed by atoms with van der Waals surface area (Å²) < 4.78 is 0. The molecular weight excluding hydrogens is 322 g/mol. The van der Waals surface area contributed by atoms with E-state index >= 15 is 0 Å². The molecule has 2 rings (SSSR count). The van der Waals surface area contributed by atoms with Crippen LogP contribution in [0.2, 0.25) is 5.02 Å². The number of carboxylic acids is 1. The summed E-state index contributed by atoms with van der Waals surface area (Å²) in [5.41, 5.74) is 1.18. The van der Waals surface area contributed by atoms with Crippen LogP contribution in [0.15, 0.2) is 48.5 Å². The number of carbonyl (C=O) groups excluding carboxylic acids is 2. The molecule has 0 heterocycles. The molecule has 1 N–H and O–H groups in total. The summed E-state index contributed by atoms with van der Waals surface area (Å²) in [6, 6.07) is 13.9. The molecule has 0 fully saturated rings. The van der Waals surface area contributed by atoms with Crippen molar-refractivity contribution in [3.05, 3.63) is 64.7 Å². The Labute approximate surface area is 137 Å². The van der Waals surface area contributed by atoms with Gasteiger partial charge in [-0.1, -0.05) is 41.9 Å². The number of carbonyl (C=O) groups is 2. The third-order valence-electron chi connectivity index (χ3n) is 2.82. The summed E-state index contributed by atoms with van der Waals surface area (Å²) in [6.07, 6.45) is 0. The third kappa shape index (κ3) is 4.79. The minimum Gasteiger partial charge on any atom is -0.545 e. The molecule has 0 saturated carbocycles. The van der Waals surface area contributed by atoms with E-state index in [-0.39, 0.29) is 22.9 Å². The van der Waals surface area contributed by atoms with Crippen LogP contribution in [0.25, 0.3) is 0 Å². The van der Waals surface area contributed by atoms with Crippen LogP contribution in [-0.4, -0.2) is 17.6 Å². The van der Waals surface area contributed by atoms with Crippen molar-refractivity contribution in [2.24, 2.45) is 0 Å². The van der Waals surface area contributed by atoms with Gasteiger partial charge in [0.25, 0.3) is 0 Å².